The van der Waals surface area contributed by atoms with Gasteiger partial charge in [0.1, 0.15) is 5.84 Å². The second-order valence-corrected chi connectivity index (χ2v) is 4.27. The number of benzene rings is 1. The normalized spacial score (nSPS) is 14.5. The fraction of sp³-hybridized carbons (Fsp3) is 0.182. The zero-order valence-electron chi connectivity index (χ0n) is 8.19. The topological polar surface area (TPSA) is 24.4 Å². The Kier molecular flexibility index (Phi) is 2.19. The van der Waals surface area contributed by atoms with E-state index in [1.807, 2.05) is 6.92 Å². The van der Waals surface area contributed by atoms with E-state index in [1.165, 1.54) is 5.56 Å². The van der Waals surface area contributed by atoms with Crippen molar-refractivity contribution in [1.29, 1.82) is 0 Å². The average molecular weight is 251 g/mol. The summed E-state index contributed by atoms with van der Waals surface area (Å²) in [6.45, 7) is 7.96. The van der Waals surface area contributed by atoms with Crippen LogP contribution in [-0.2, 0) is 0 Å². The van der Waals surface area contributed by atoms with Crippen LogP contribution in [0.4, 0.5) is 5.69 Å². The van der Waals surface area contributed by atoms with Gasteiger partial charge in [-0.2, -0.15) is 0 Å². The van der Waals surface area contributed by atoms with Crippen LogP contribution in [0.3, 0.4) is 0 Å². The Hall–Kier alpha value is -1.09. The molecule has 1 heterocycles. The first-order valence-electron chi connectivity index (χ1n) is 4.39. The average Bonchev–Trinajstić information content (AvgIpc) is 2.08. The van der Waals surface area contributed by atoms with Crippen molar-refractivity contribution in [3.8, 4) is 0 Å². The molecule has 1 aliphatic rings. The minimum Gasteiger partial charge on any atom is -0.344 e. The predicted molar refractivity (Wildman–Crippen MR) is 63.8 cm³/mol. The summed E-state index contributed by atoms with van der Waals surface area (Å²) in [6, 6.07) is 4.12. The van der Waals surface area contributed by atoms with E-state index in [0.29, 0.717) is 0 Å². The monoisotopic (exact) mass is 250 g/mol. The molecule has 1 aromatic rings. The van der Waals surface area contributed by atoms with Crippen LogP contribution >= 0.6 is 15.9 Å². The van der Waals surface area contributed by atoms with Gasteiger partial charge in [-0.25, -0.2) is 4.99 Å². The summed E-state index contributed by atoms with van der Waals surface area (Å²) < 4.78 is 1.09. The maximum Gasteiger partial charge on any atom is 0.103 e. The molecule has 1 aromatic carbocycles. The minimum atomic E-state index is 0.893. The van der Waals surface area contributed by atoms with Gasteiger partial charge in [0, 0.05) is 15.7 Å². The van der Waals surface area contributed by atoms with E-state index in [4.69, 9.17) is 0 Å². The molecular formula is C11H11BrN2. The fourth-order valence-corrected chi connectivity index (χ4v) is 1.84. The number of halogens is 1. The van der Waals surface area contributed by atoms with E-state index in [9.17, 15) is 0 Å². The number of nitrogens with zero attached hydrogens (tertiary/aromatic N) is 1. The number of nitrogens with one attached hydrogen (secondary N) is 1. The third kappa shape index (κ3) is 1.48. The number of fused-ring (bicyclic) bond motifs is 1. The van der Waals surface area contributed by atoms with Gasteiger partial charge < -0.3 is 5.32 Å². The minimum absolute atomic E-state index is 0.893. The summed E-state index contributed by atoms with van der Waals surface area (Å²) in [6.07, 6.45) is 0. The Morgan fingerprint density at radius 2 is 2.07 bits per heavy atom. The highest BCUT2D eigenvalue weighted by Crippen LogP contribution is 2.32. The zero-order chi connectivity index (χ0) is 10.3. The Morgan fingerprint density at radius 1 is 1.36 bits per heavy atom. The molecule has 3 heteroatoms. The molecule has 14 heavy (non-hydrogen) atoms. The highest BCUT2D eigenvalue weighted by molar-refractivity contribution is 9.10. The van der Waals surface area contributed by atoms with Crippen LogP contribution in [0.1, 0.15) is 18.1 Å². The second-order valence-electron chi connectivity index (χ2n) is 3.42. The largest absolute Gasteiger partial charge is 0.344 e. The molecule has 0 radical (unpaired) electrons. The van der Waals surface area contributed by atoms with E-state index < -0.39 is 0 Å². The summed E-state index contributed by atoms with van der Waals surface area (Å²) in [4.78, 5) is 4.42. The van der Waals surface area contributed by atoms with Crippen LogP contribution < -0.4 is 5.32 Å². The molecule has 0 aromatic heterocycles. The molecule has 0 bridgehead atoms. The maximum absolute atomic E-state index is 4.42. The Morgan fingerprint density at radius 3 is 2.79 bits per heavy atom. The van der Waals surface area contributed by atoms with Gasteiger partial charge in [-0.15, -0.1) is 0 Å². The van der Waals surface area contributed by atoms with Gasteiger partial charge in [0.2, 0.25) is 0 Å². The number of aliphatic imine (C=N–C) groups is 1. The summed E-state index contributed by atoms with van der Waals surface area (Å²) in [5, 5.41) is 3.12. The van der Waals surface area contributed by atoms with Crippen molar-refractivity contribution in [2.45, 2.75) is 13.8 Å². The molecule has 0 fully saturated rings. The van der Waals surface area contributed by atoms with Crippen molar-refractivity contribution < 1.29 is 0 Å². The second kappa shape index (κ2) is 3.24. The molecule has 1 aliphatic heterocycles. The molecule has 0 saturated heterocycles. The van der Waals surface area contributed by atoms with Crippen LogP contribution in [0, 0.1) is 6.92 Å². The Bertz CT molecular complexity index is 447. The maximum atomic E-state index is 4.42. The lowest BCUT2D eigenvalue weighted by Crippen LogP contribution is -2.21. The van der Waals surface area contributed by atoms with E-state index >= 15 is 0 Å². The summed E-state index contributed by atoms with van der Waals surface area (Å²) in [5.41, 5.74) is 4.16. The lowest BCUT2D eigenvalue weighted by Gasteiger charge is -2.18. The molecule has 0 amide bonds. The van der Waals surface area contributed by atoms with Crippen LogP contribution in [0.5, 0.6) is 0 Å². The molecule has 0 spiro atoms. The van der Waals surface area contributed by atoms with Gasteiger partial charge in [0.15, 0.2) is 0 Å². The van der Waals surface area contributed by atoms with Crippen LogP contribution in [0.2, 0.25) is 0 Å². The molecule has 0 atom stereocenters. The van der Waals surface area contributed by atoms with E-state index in [1.54, 1.807) is 0 Å². The number of hydrogen-bond donors (Lipinski definition) is 1. The number of amidine groups is 1. The van der Waals surface area contributed by atoms with E-state index in [0.717, 1.165) is 27.3 Å². The van der Waals surface area contributed by atoms with Crippen molar-refractivity contribution in [3.05, 3.63) is 34.3 Å². The molecule has 0 aliphatic carbocycles. The highest BCUT2D eigenvalue weighted by atomic mass is 79.9. The third-order valence-corrected chi connectivity index (χ3v) is 3.08. The standard InChI is InChI=1S/C11H11BrN2/c1-6-4-11-9(5-10(6)12)7(2)13-8(3)14-11/h4-5H,2H2,1,3H3,(H,13,14). The van der Waals surface area contributed by atoms with Gasteiger partial charge in [0.25, 0.3) is 0 Å². The summed E-state index contributed by atoms with van der Waals surface area (Å²) in [7, 11) is 0. The number of hydrogen-bond acceptors (Lipinski definition) is 2. The van der Waals surface area contributed by atoms with Crippen LogP contribution in [0.15, 0.2) is 28.2 Å². The first-order valence-corrected chi connectivity index (χ1v) is 5.19. The molecule has 2 nitrogen and oxygen atoms in total. The number of rotatable bonds is 0. The SMILES string of the molecule is C=C1NC(C)=Nc2cc(C)c(Br)cc21. The van der Waals surface area contributed by atoms with Crippen molar-refractivity contribution in [3.63, 3.8) is 0 Å². The van der Waals surface area contributed by atoms with E-state index in [2.05, 4.69) is 51.9 Å². The lowest BCUT2D eigenvalue weighted by molar-refractivity contribution is 1.20. The zero-order valence-corrected chi connectivity index (χ0v) is 9.77. The van der Waals surface area contributed by atoms with Crippen molar-refractivity contribution in [2.24, 2.45) is 4.99 Å². The molecule has 1 N–H and O–H groups in total. The first kappa shape index (κ1) is 9.46. The Balaban J connectivity index is 2.67. The quantitative estimate of drug-likeness (QED) is 0.751. The summed E-state index contributed by atoms with van der Waals surface area (Å²) >= 11 is 3.50. The van der Waals surface area contributed by atoms with Crippen molar-refractivity contribution in [1.82, 2.24) is 5.32 Å². The van der Waals surface area contributed by atoms with Gasteiger partial charge >= 0.3 is 0 Å². The molecule has 0 unspecified atom stereocenters. The molecular weight excluding hydrogens is 240 g/mol. The van der Waals surface area contributed by atoms with Gasteiger partial charge in [0.05, 0.1) is 5.69 Å². The van der Waals surface area contributed by atoms with E-state index in [-0.39, 0.29) is 0 Å². The van der Waals surface area contributed by atoms with Crippen molar-refractivity contribution >= 4 is 33.1 Å². The molecule has 2 rings (SSSR count). The third-order valence-electron chi connectivity index (χ3n) is 2.22. The predicted octanol–water partition coefficient (Wildman–Crippen LogP) is 3.38. The molecule has 72 valence electrons. The van der Waals surface area contributed by atoms with Crippen molar-refractivity contribution in [2.75, 3.05) is 0 Å². The Labute approximate surface area is 91.9 Å². The first-order chi connectivity index (χ1) is 6.58. The summed E-state index contributed by atoms with van der Waals surface area (Å²) in [5.74, 6) is 0.893. The molecule has 0 saturated carbocycles. The highest BCUT2D eigenvalue weighted by Gasteiger charge is 2.13. The van der Waals surface area contributed by atoms with Gasteiger partial charge in [-0.05, 0) is 31.5 Å². The lowest BCUT2D eigenvalue weighted by atomic mass is 10.1. The number of aryl methyl sites for hydroxylation is 1. The van der Waals surface area contributed by atoms with Gasteiger partial charge in [-0.3, -0.25) is 0 Å². The van der Waals surface area contributed by atoms with Gasteiger partial charge in [-0.1, -0.05) is 22.5 Å². The van der Waals surface area contributed by atoms with Crippen LogP contribution in [-0.4, -0.2) is 5.84 Å². The fourth-order valence-electron chi connectivity index (χ4n) is 1.49. The smallest absolute Gasteiger partial charge is 0.103 e. The van der Waals surface area contributed by atoms with Crippen LogP contribution in [0.25, 0.3) is 5.70 Å².